The fourth-order valence-corrected chi connectivity index (χ4v) is 5.33. The van der Waals surface area contributed by atoms with Gasteiger partial charge in [-0.1, -0.05) is 12.8 Å². The highest BCUT2D eigenvalue weighted by atomic mass is 32.2. The third kappa shape index (κ3) is 2.77. The number of aromatic nitrogens is 1. The van der Waals surface area contributed by atoms with Crippen LogP contribution in [-0.2, 0) is 10.0 Å². The molecule has 1 saturated carbocycles. The van der Waals surface area contributed by atoms with E-state index in [0.717, 1.165) is 32.1 Å². The Morgan fingerprint density at radius 1 is 1.19 bits per heavy atom. The van der Waals surface area contributed by atoms with Gasteiger partial charge in [0.25, 0.3) is 0 Å². The van der Waals surface area contributed by atoms with E-state index in [2.05, 4.69) is 10.4 Å². The largest absolute Gasteiger partial charge is 0.308 e. The number of piperidine rings is 1. The maximum atomic E-state index is 12.9. The molecule has 2 aliphatic rings. The van der Waals surface area contributed by atoms with Crippen molar-refractivity contribution < 1.29 is 8.42 Å². The zero-order chi connectivity index (χ0) is 14.9. The summed E-state index contributed by atoms with van der Waals surface area (Å²) in [6.07, 6.45) is 8.00. The average Bonchev–Trinajstić information content (AvgIpc) is 2.54. The van der Waals surface area contributed by atoms with Crippen molar-refractivity contribution in [2.24, 2.45) is 11.8 Å². The van der Waals surface area contributed by atoms with Crippen molar-refractivity contribution in [2.45, 2.75) is 49.5 Å². The lowest BCUT2D eigenvalue weighted by molar-refractivity contribution is 0.129. The van der Waals surface area contributed by atoms with E-state index < -0.39 is 10.0 Å². The normalized spacial score (nSPS) is 27.1. The third-order valence-electron chi connectivity index (χ3n) is 4.68. The first-order valence-electron chi connectivity index (χ1n) is 7.57. The summed E-state index contributed by atoms with van der Waals surface area (Å²) in [6.45, 7) is 0.625. The summed E-state index contributed by atoms with van der Waals surface area (Å²) < 4.78 is 27.5. The Bertz CT molecular complexity index is 585. The Morgan fingerprint density at radius 2 is 1.95 bits per heavy atom. The number of hydrogen-bond donors (Lipinski definition) is 2. The van der Waals surface area contributed by atoms with E-state index in [0.29, 0.717) is 18.3 Å². The molecule has 2 fully saturated rings. The summed E-state index contributed by atoms with van der Waals surface area (Å²) in [6, 6.07) is 3.34. The number of hydrogen-bond acceptors (Lipinski definition) is 5. The summed E-state index contributed by atoms with van der Waals surface area (Å²) in [5.74, 6) is 6.26. The van der Waals surface area contributed by atoms with Crippen LogP contribution in [0.2, 0.25) is 0 Å². The molecule has 116 valence electrons. The van der Waals surface area contributed by atoms with E-state index in [-0.39, 0.29) is 10.9 Å². The topological polar surface area (TPSA) is 88.3 Å². The van der Waals surface area contributed by atoms with E-state index in [4.69, 9.17) is 5.84 Å². The second-order valence-corrected chi connectivity index (χ2v) is 7.78. The molecule has 0 spiro atoms. The highest BCUT2D eigenvalue weighted by molar-refractivity contribution is 7.89. The Morgan fingerprint density at radius 3 is 2.67 bits per heavy atom. The average molecular weight is 310 g/mol. The predicted octanol–water partition coefficient (Wildman–Crippen LogP) is 1.71. The summed E-state index contributed by atoms with van der Waals surface area (Å²) in [4.78, 5) is 4.28. The lowest BCUT2D eigenvalue weighted by Gasteiger charge is -2.43. The number of nitrogen functional groups attached to an aromatic ring is 1. The van der Waals surface area contributed by atoms with Gasteiger partial charge in [-0.25, -0.2) is 19.2 Å². The lowest BCUT2D eigenvalue weighted by atomic mass is 9.79. The molecule has 1 aromatic heterocycles. The van der Waals surface area contributed by atoms with Crippen LogP contribution in [0.3, 0.4) is 0 Å². The van der Waals surface area contributed by atoms with E-state index in [1.54, 1.807) is 16.4 Å². The Labute approximate surface area is 125 Å². The molecule has 0 amide bonds. The van der Waals surface area contributed by atoms with E-state index in [9.17, 15) is 8.42 Å². The molecule has 1 saturated heterocycles. The Hall–Kier alpha value is -1.18. The monoisotopic (exact) mass is 310 g/mol. The minimum Gasteiger partial charge on any atom is -0.308 e. The number of pyridine rings is 1. The molecule has 1 aromatic rings. The van der Waals surface area contributed by atoms with Crippen molar-refractivity contribution in [3.63, 3.8) is 0 Å². The number of nitrogens with zero attached hydrogens (tertiary/aromatic N) is 2. The smallest absolute Gasteiger partial charge is 0.244 e. The number of sulfonamides is 1. The van der Waals surface area contributed by atoms with Gasteiger partial charge in [0, 0.05) is 18.8 Å². The predicted molar refractivity (Wildman–Crippen MR) is 80.9 cm³/mol. The first-order chi connectivity index (χ1) is 10.1. The molecule has 0 radical (unpaired) electrons. The molecule has 6 nitrogen and oxygen atoms in total. The molecule has 2 atom stereocenters. The minimum atomic E-state index is -3.46. The number of hydrazine groups is 1. The van der Waals surface area contributed by atoms with Crippen LogP contribution in [-0.4, -0.2) is 30.3 Å². The minimum absolute atomic E-state index is 0.171. The number of nitrogens with one attached hydrogen (secondary N) is 1. The molecule has 3 rings (SSSR count). The second kappa shape index (κ2) is 5.90. The number of anilines is 1. The molecular weight excluding hydrogens is 288 g/mol. The van der Waals surface area contributed by atoms with E-state index >= 15 is 0 Å². The van der Waals surface area contributed by atoms with Crippen molar-refractivity contribution in [3.8, 4) is 0 Å². The zero-order valence-electron chi connectivity index (χ0n) is 12.0. The van der Waals surface area contributed by atoms with Crippen molar-refractivity contribution in [3.05, 3.63) is 18.3 Å². The van der Waals surface area contributed by atoms with Crippen LogP contribution in [0.4, 0.5) is 5.82 Å². The van der Waals surface area contributed by atoms with Gasteiger partial charge in [-0.05, 0) is 43.7 Å². The maximum absolute atomic E-state index is 12.9. The van der Waals surface area contributed by atoms with Gasteiger partial charge in [0.2, 0.25) is 10.0 Å². The van der Waals surface area contributed by atoms with Gasteiger partial charge in [0.05, 0.1) is 0 Å². The van der Waals surface area contributed by atoms with Crippen LogP contribution in [0.25, 0.3) is 0 Å². The fraction of sp³-hybridized carbons (Fsp3) is 0.643. The van der Waals surface area contributed by atoms with Crippen molar-refractivity contribution in [1.29, 1.82) is 0 Å². The molecule has 1 aliphatic carbocycles. The molecule has 7 heteroatoms. The van der Waals surface area contributed by atoms with Gasteiger partial charge in [-0.15, -0.1) is 0 Å². The highest BCUT2D eigenvalue weighted by Crippen LogP contribution is 2.37. The molecule has 1 aliphatic heterocycles. The number of rotatable bonds is 3. The SMILES string of the molecule is NNc1ccc(S(=O)(=O)N2CCCC3CCCCC32)cn1. The fourth-order valence-electron chi connectivity index (χ4n) is 3.63. The van der Waals surface area contributed by atoms with Crippen LogP contribution in [0.15, 0.2) is 23.2 Å². The molecule has 21 heavy (non-hydrogen) atoms. The van der Waals surface area contributed by atoms with Gasteiger partial charge in [0.1, 0.15) is 10.7 Å². The van der Waals surface area contributed by atoms with Crippen LogP contribution >= 0.6 is 0 Å². The standard InChI is InChI=1S/C14H22N4O2S/c15-17-14-8-7-12(10-16-14)21(19,20)18-9-3-5-11-4-1-2-6-13(11)18/h7-8,10-11,13H,1-6,9,15H2,(H,16,17). The molecular formula is C14H22N4O2S. The summed E-state index contributed by atoms with van der Waals surface area (Å²) in [7, 11) is -3.46. The van der Waals surface area contributed by atoms with Crippen molar-refractivity contribution in [2.75, 3.05) is 12.0 Å². The van der Waals surface area contributed by atoms with Crippen molar-refractivity contribution in [1.82, 2.24) is 9.29 Å². The van der Waals surface area contributed by atoms with Crippen molar-refractivity contribution >= 4 is 15.8 Å². The van der Waals surface area contributed by atoms with E-state index in [1.807, 2.05) is 0 Å². The first-order valence-corrected chi connectivity index (χ1v) is 9.01. The number of fused-ring (bicyclic) bond motifs is 1. The van der Waals surface area contributed by atoms with Gasteiger partial charge in [-0.2, -0.15) is 4.31 Å². The Kier molecular flexibility index (Phi) is 4.14. The van der Waals surface area contributed by atoms with E-state index in [1.165, 1.54) is 12.6 Å². The van der Waals surface area contributed by atoms with Crippen LogP contribution < -0.4 is 11.3 Å². The summed E-state index contributed by atoms with van der Waals surface area (Å²) in [5, 5.41) is 0. The summed E-state index contributed by atoms with van der Waals surface area (Å²) >= 11 is 0. The molecule has 0 bridgehead atoms. The second-order valence-electron chi connectivity index (χ2n) is 5.89. The first kappa shape index (κ1) is 14.7. The van der Waals surface area contributed by atoms with Crippen LogP contribution in [0.5, 0.6) is 0 Å². The molecule has 2 unspecified atom stereocenters. The number of nitrogens with two attached hydrogens (primary N) is 1. The van der Waals surface area contributed by atoms with Gasteiger partial charge in [0.15, 0.2) is 0 Å². The third-order valence-corrected chi connectivity index (χ3v) is 6.59. The Balaban J connectivity index is 1.88. The zero-order valence-corrected chi connectivity index (χ0v) is 12.8. The highest BCUT2D eigenvalue weighted by Gasteiger charge is 2.39. The van der Waals surface area contributed by atoms with Gasteiger partial charge in [-0.3, -0.25) is 0 Å². The molecule has 3 N–H and O–H groups in total. The van der Waals surface area contributed by atoms with Crippen LogP contribution in [0, 0.1) is 5.92 Å². The quantitative estimate of drug-likeness (QED) is 0.655. The molecule has 0 aromatic carbocycles. The molecule has 2 heterocycles. The summed E-state index contributed by atoms with van der Waals surface area (Å²) in [5.41, 5.74) is 2.41. The van der Waals surface area contributed by atoms with Gasteiger partial charge < -0.3 is 5.43 Å². The maximum Gasteiger partial charge on any atom is 0.244 e. The lowest BCUT2D eigenvalue weighted by Crippen LogP contribution is -2.49. The van der Waals surface area contributed by atoms with Gasteiger partial charge >= 0.3 is 0 Å². The van der Waals surface area contributed by atoms with Crippen LogP contribution in [0.1, 0.15) is 38.5 Å².